The van der Waals surface area contributed by atoms with E-state index in [-0.39, 0.29) is 35.9 Å². The highest BCUT2D eigenvalue weighted by molar-refractivity contribution is 5.93. The van der Waals surface area contributed by atoms with Crippen LogP contribution in [0.1, 0.15) is 56.7 Å². The van der Waals surface area contributed by atoms with E-state index in [1.807, 2.05) is 13.8 Å². The van der Waals surface area contributed by atoms with Crippen LogP contribution in [0.25, 0.3) is 11.3 Å². The number of rotatable bonds is 8. The normalized spacial score (nSPS) is 13.2. The lowest BCUT2D eigenvalue weighted by Gasteiger charge is -2.13. The van der Waals surface area contributed by atoms with Crippen molar-refractivity contribution in [3.05, 3.63) is 65.6 Å². The Morgan fingerprint density at radius 1 is 1.15 bits per heavy atom. The number of anilines is 1. The molecule has 1 aliphatic carbocycles. The Labute approximate surface area is 198 Å². The molecule has 4 rings (SSSR count). The first-order valence-corrected chi connectivity index (χ1v) is 11.7. The second-order valence-electron chi connectivity index (χ2n) is 8.66. The van der Waals surface area contributed by atoms with Crippen LogP contribution in [-0.2, 0) is 11.3 Å². The monoisotopic (exact) mass is 464 g/mol. The standard InChI is InChI=1S/C26H29FN4O3/c1-3-17(4-2)25(33)29-20-10-11-24(32)21(13-20)22-14-23(18-8-9-18)31(30-22)26(34)28-15-16-6-5-7-19(27)12-16/h5-7,10-14,17-18,32H,3-4,8-9,15H2,1-2H3,(H,28,34)(H,29,33). The molecule has 1 fully saturated rings. The van der Waals surface area contributed by atoms with Gasteiger partial charge in [-0.1, -0.05) is 26.0 Å². The van der Waals surface area contributed by atoms with Crippen molar-refractivity contribution >= 4 is 17.6 Å². The van der Waals surface area contributed by atoms with E-state index < -0.39 is 6.03 Å². The Morgan fingerprint density at radius 3 is 2.59 bits per heavy atom. The second-order valence-corrected chi connectivity index (χ2v) is 8.66. The lowest BCUT2D eigenvalue weighted by Crippen LogP contribution is -2.30. The van der Waals surface area contributed by atoms with Gasteiger partial charge in [-0.3, -0.25) is 4.79 Å². The lowest BCUT2D eigenvalue weighted by molar-refractivity contribution is -0.120. The van der Waals surface area contributed by atoms with Crippen molar-refractivity contribution < 1.29 is 19.1 Å². The van der Waals surface area contributed by atoms with Gasteiger partial charge in [-0.25, -0.2) is 9.18 Å². The third-order valence-electron chi connectivity index (χ3n) is 6.15. The highest BCUT2D eigenvalue weighted by Gasteiger charge is 2.31. The van der Waals surface area contributed by atoms with Gasteiger partial charge in [-0.05, 0) is 67.6 Å². The van der Waals surface area contributed by atoms with Crippen LogP contribution < -0.4 is 10.6 Å². The summed E-state index contributed by atoms with van der Waals surface area (Å²) < 4.78 is 14.8. The van der Waals surface area contributed by atoms with Gasteiger partial charge in [-0.2, -0.15) is 9.78 Å². The fraction of sp³-hybridized carbons (Fsp3) is 0.346. The van der Waals surface area contributed by atoms with Crippen LogP contribution in [-0.4, -0.2) is 26.8 Å². The average molecular weight is 465 g/mol. The van der Waals surface area contributed by atoms with E-state index >= 15 is 0 Å². The Bertz CT molecular complexity index is 1200. The molecule has 0 unspecified atom stereocenters. The molecule has 0 aliphatic heterocycles. The number of hydrogen-bond donors (Lipinski definition) is 3. The van der Waals surface area contributed by atoms with Crippen molar-refractivity contribution in [1.29, 1.82) is 0 Å². The predicted molar refractivity (Wildman–Crippen MR) is 128 cm³/mol. The van der Waals surface area contributed by atoms with Crippen molar-refractivity contribution in [3.63, 3.8) is 0 Å². The summed E-state index contributed by atoms with van der Waals surface area (Å²) in [6, 6.07) is 12.3. The Hall–Kier alpha value is -3.68. The molecule has 1 saturated carbocycles. The minimum atomic E-state index is -0.421. The number of hydrogen-bond acceptors (Lipinski definition) is 4. The van der Waals surface area contributed by atoms with E-state index in [0.29, 0.717) is 22.5 Å². The fourth-order valence-electron chi connectivity index (χ4n) is 3.98. The first-order valence-electron chi connectivity index (χ1n) is 11.7. The number of benzene rings is 2. The molecule has 0 saturated heterocycles. The van der Waals surface area contributed by atoms with Crippen molar-refractivity contribution in [1.82, 2.24) is 15.1 Å². The quantitative estimate of drug-likeness (QED) is 0.389. The van der Waals surface area contributed by atoms with Gasteiger partial charge >= 0.3 is 6.03 Å². The van der Waals surface area contributed by atoms with Crippen LogP contribution in [0, 0.1) is 11.7 Å². The van der Waals surface area contributed by atoms with Crippen molar-refractivity contribution in [2.45, 2.75) is 52.0 Å². The number of phenolic OH excluding ortho intramolecular Hbond substituents is 1. The summed E-state index contributed by atoms with van der Waals surface area (Å²) in [5.41, 5.74) is 2.84. The molecule has 1 aromatic heterocycles. The zero-order valence-electron chi connectivity index (χ0n) is 19.3. The molecule has 7 nitrogen and oxygen atoms in total. The highest BCUT2D eigenvalue weighted by Crippen LogP contribution is 2.42. The van der Waals surface area contributed by atoms with Crippen LogP contribution in [0.5, 0.6) is 5.75 Å². The van der Waals surface area contributed by atoms with Gasteiger partial charge in [0, 0.05) is 29.6 Å². The summed E-state index contributed by atoms with van der Waals surface area (Å²) in [5, 5.41) is 20.7. The first-order chi connectivity index (χ1) is 16.4. The molecule has 3 aromatic rings. The summed E-state index contributed by atoms with van der Waals surface area (Å²) >= 11 is 0. The first kappa shape index (κ1) is 23.5. The molecular formula is C26H29FN4O3. The van der Waals surface area contributed by atoms with Gasteiger partial charge in [0.15, 0.2) is 0 Å². The molecule has 2 amide bonds. The van der Waals surface area contributed by atoms with Crippen LogP contribution in [0.15, 0.2) is 48.5 Å². The van der Waals surface area contributed by atoms with E-state index in [9.17, 15) is 19.1 Å². The zero-order chi connectivity index (χ0) is 24.2. The Morgan fingerprint density at radius 2 is 1.91 bits per heavy atom. The largest absolute Gasteiger partial charge is 0.507 e. The number of halogens is 1. The minimum Gasteiger partial charge on any atom is -0.507 e. The van der Waals surface area contributed by atoms with Crippen molar-refractivity contribution in [2.24, 2.45) is 5.92 Å². The molecule has 0 atom stereocenters. The van der Waals surface area contributed by atoms with Crippen LogP contribution in [0.3, 0.4) is 0 Å². The van der Waals surface area contributed by atoms with E-state index in [2.05, 4.69) is 15.7 Å². The third-order valence-corrected chi connectivity index (χ3v) is 6.15. The van der Waals surface area contributed by atoms with Crippen LogP contribution in [0.4, 0.5) is 14.9 Å². The molecule has 0 spiro atoms. The molecule has 3 N–H and O–H groups in total. The van der Waals surface area contributed by atoms with Gasteiger partial charge in [0.25, 0.3) is 0 Å². The van der Waals surface area contributed by atoms with E-state index in [4.69, 9.17) is 0 Å². The molecular weight excluding hydrogens is 435 g/mol. The van der Waals surface area contributed by atoms with E-state index in [1.54, 1.807) is 30.3 Å². The summed E-state index contributed by atoms with van der Waals surface area (Å²) in [4.78, 5) is 25.4. The highest BCUT2D eigenvalue weighted by atomic mass is 19.1. The minimum absolute atomic E-state index is 0.00713. The lowest BCUT2D eigenvalue weighted by atomic mass is 10.0. The van der Waals surface area contributed by atoms with Crippen LogP contribution >= 0.6 is 0 Å². The van der Waals surface area contributed by atoms with Crippen LogP contribution in [0.2, 0.25) is 0 Å². The molecule has 2 aromatic carbocycles. The number of phenols is 1. The van der Waals surface area contributed by atoms with Gasteiger partial charge in [0.05, 0.1) is 11.4 Å². The van der Waals surface area contributed by atoms with Gasteiger partial charge in [0.1, 0.15) is 11.6 Å². The van der Waals surface area contributed by atoms with E-state index in [0.717, 1.165) is 31.4 Å². The number of nitrogens with zero attached hydrogens (tertiary/aromatic N) is 2. The summed E-state index contributed by atoms with van der Waals surface area (Å²) in [6.45, 7) is 4.11. The van der Waals surface area contributed by atoms with Gasteiger partial charge in [0.2, 0.25) is 5.91 Å². The van der Waals surface area contributed by atoms with Gasteiger partial charge in [-0.15, -0.1) is 0 Å². The number of amides is 2. The molecule has 8 heteroatoms. The Balaban J connectivity index is 1.57. The van der Waals surface area contributed by atoms with Crippen molar-refractivity contribution in [2.75, 3.05) is 5.32 Å². The number of aromatic nitrogens is 2. The zero-order valence-corrected chi connectivity index (χ0v) is 19.3. The van der Waals surface area contributed by atoms with E-state index in [1.165, 1.54) is 22.9 Å². The summed E-state index contributed by atoms with van der Waals surface area (Å²) in [7, 11) is 0. The molecule has 0 bridgehead atoms. The number of nitrogens with one attached hydrogen (secondary N) is 2. The fourth-order valence-corrected chi connectivity index (χ4v) is 3.98. The SMILES string of the molecule is CCC(CC)C(=O)Nc1ccc(O)c(-c2cc(C3CC3)n(C(=O)NCc3cccc(F)c3)n2)c1. The summed E-state index contributed by atoms with van der Waals surface area (Å²) in [5.74, 6) is -0.283. The molecule has 1 aliphatic rings. The second kappa shape index (κ2) is 10.1. The maximum absolute atomic E-state index is 13.4. The molecule has 1 heterocycles. The topological polar surface area (TPSA) is 96.2 Å². The average Bonchev–Trinajstić information content (AvgIpc) is 3.58. The maximum atomic E-state index is 13.4. The van der Waals surface area contributed by atoms with Crippen molar-refractivity contribution in [3.8, 4) is 17.0 Å². The predicted octanol–water partition coefficient (Wildman–Crippen LogP) is 5.40. The Kier molecular flexibility index (Phi) is 6.95. The van der Waals surface area contributed by atoms with Gasteiger partial charge < -0.3 is 15.7 Å². The number of aromatic hydroxyl groups is 1. The number of carbonyl (C=O) groups excluding carboxylic acids is 2. The molecule has 0 radical (unpaired) electrons. The number of carbonyl (C=O) groups is 2. The summed E-state index contributed by atoms with van der Waals surface area (Å²) in [6.07, 6.45) is 3.40. The molecule has 34 heavy (non-hydrogen) atoms. The third kappa shape index (κ3) is 5.27. The smallest absolute Gasteiger partial charge is 0.342 e. The molecule has 178 valence electrons. The maximum Gasteiger partial charge on any atom is 0.342 e.